The summed E-state index contributed by atoms with van der Waals surface area (Å²) in [4.78, 5) is 25.8. The number of rotatable bonds is 4. The van der Waals surface area contributed by atoms with Gasteiger partial charge in [-0.15, -0.1) is 0 Å². The number of nitrogens with zero attached hydrogens (tertiary/aromatic N) is 1. The molecule has 1 amide bonds. The molecule has 0 radical (unpaired) electrons. The van der Waals surface area contributed by atoms with E-state index < -0.39 is 11.9 Å². The lowest BCUT2D eigenvalue weighted by Crippen LogP contribution is -2.45. The van der Waals surface area contributed by atoms with Gasteiger partial charge < -0.3 is 14.7 Å². The molecule has 1 heterocycles. The monoisotopic (exact) mass is 283 g/mol. The summed E-state index contributed by atoms with van der Waals surface area (Å²) in [5, 5.41) is 9.35. The Morgan fingerprint density at radius 3 is 2.45 bits per heavy atom. The summed E-state index contributed by atoms with van der Waals surface area (Å²) < 4.78 is 5.51. The van der Waals surface area contributed by atoms with E-state index >= 15 is 0 Å². The molecule has 0 aromatic rings. The molecule has 0 bridgehead atoms. The Balaban J connectivity index is 2.08. The van der Waals surface area contributed by atoms with Crippen LogP contribution in [0.2, 0.25) is 0 Å². The number of ether oxygens (including phenoxy) is 1. The van der Waals surface area contributed by atoms with Crippen molar-refractivity contribution in [3.63, 3.8) is 0 Å². The van der Waals surface area contributed by atoms with Crippen LogP contribution in [0.1, 0.15) is 39.5 Å². The minimum absolute atomic E-state index is 0.0179. The van der Waals surface area contributed by atoms with Crippen molar-refractivity contribution in [2.45, 2.75) is 51.7 Å². The third-order valence-electron chi connectivity index (χ3n) is 5.05. The smallest absolute Gasteiger partial charge is 0.307 e. The largest absolute Gasteiger partial charge is 0.481 e. The van der Waals surface area contributed by atoms with Gasteiger partial charge in [-0.3, -0.25) is 9.59 Å². The Labute approximate surface area is 120 Å². The fraction of sp³-hybridized carbons (Fsp3) is 0.867. The highest BCUT2D eigenvalue weighted by atomic mass is 16.5. The van der Waals surface area contributed by atoms with Gasteiger partial charge in [0.1, 0.15) is 0 Å². The van der Waals surface area contributed by atoms with Crippen molar-refractivity contribution in [3.8, 4) is 0 Å². The van der Waals surface area contributed by atoms with Crippen LogP contribution in [0.5, 0.6) is 0 Å². The summed E-state index contributed by atoms with van der Waals surface area (Å²) >= 11 is 0. The number of carboxylic acids is 1. The first-order valence-corrected chi connectivity index (χ1v) is 7.56. The van der Waals surface area contributed by atoms with E-state index in [9.17, 15) is 14.7 Å². The molecule has 1 N–H and O–H groups in total. The highest BCUT2D eigenvalue weighted by Gasteiger charge is 2.44. The summed E-state index contributed by atoms with van der Waals surface area (Å²) in [6.45, 7) is 4.71. The van der Waals surface area contributed by atoms with E-state index in [0.29, 0.717) is 25.4 Å². The van der Waals surface area contributed by atoms with Crippen molar-refractivity contribution in [2.24, 2.45) is 17.8 Å². The first-order chi connectivity index (χ1) is 9.45. The maximum Gasteiger partial charge on any atom is 0.307 e. The molecule has 1 saturated carbocycles. The van der Waals surface area contributed by atoms with Gasteiger partial charge in [0.05, 0.1) is 24.0 Å². The molecular weight excluding hydrogens is 258 g/mol. The topological polar surface area (TPSA) is 66.8 Å². The number of hydrogen-bond donors (Lipinski definition) is 1. The molecule has 5 heteroatoms. The Morgan fingerprint density at radius 2 is 1.95 bits per heavy atom. The molecule has 20 heavy (non-hydrogen) atoms. The molecule has 0 spiro atoms. The Hall–Kier alpha value is -1.10. The second kappa shape index (κ2) is 6.12. The molecular formula is C15H25NO4. The van der Waals surface area contributed by atoms with E-state index in [1.54, 1.807) is 11.9 Å². The predicted octanol–water partition coefficient (Wildman–Crippen LogP) is 1.76. The number of hydrogen-bond acceptors (Lipinski definition) is 3. The van der Waals surface area contributed by atoms with Gasteiger partial charge in [-0.25, -0.2) is 0 Å². The Morgan fingerprint density at radius 1 is 1.30 bits per heavy atom. The lowest BCUT2D eigenvalue weighted by atomic mass is 9.94. The van der Waals surface area contributed by atoms with Gasteiger partial charge in [0.15, 0.2) is 0 Å². The average molecular weight is 283 g/mol. The summed E-state index contributed by atoms with van der Waals surface area (Å²) in [5.41, 5.74) is 0. The van der Waals surface area contributed by atoms with Crippen LogP contribution in [0.3, 0.4) is 0 Å². The Kier molecular flexibility index (Phi) is 4.68. The van der Waals surface area contributed by atoms with Crippen LogP contribution in [-0.2, 0) is 14.3 Å². The summed E-state index contributed by atoms with van der Waals surface area (Å²) in [6.07, 6.45) is 3.16. The molecule has 0 aromatic carbocycles. The number of likely N-dealkylation sites (N-methyl/N-ethyl adjacent to an activating group) is 1. The van der Waals surface area contributed by atoms with Gasteiger partial charge in [-0.1, -0.05) is 13.3 Å². The minimum atomic E-state index is -0.830. The standard InChI is InChI=1S/C15H25NO4/c1-4-10-7-11(12(8-10)15(18)19)14(17)16(3)13-5-6-20-9(13)2/h9-13H,4-8H2,1-3H3,(H,18,19). The van der Waals surface area contributed by atoms with Crippen LogP contribution < -0.4 is 0 Å². The highest BCUT2D eigenvalue weighted by molar-refractivity contribution is 5.85. The van der Waals surface area contributed by atoms with Crippen LogP contribution >= 0.6 is 0 Å². The molecule has 2 aliphatic rings. The first-order valence-electron chi connectivity index (χ1n) is 7.56. The number of aliphatic carboxylic acids is 1. The maximum absolute atomic E-state index is 12.7. The third-order valence-corrected chi connectivity index (χ3v) is 5.05. The van der Waals surface area contributed by atoms with Crippen molar-refractivity contribution in [3.05, 3.63) is 0 Å². The molecule has 2 fully saturated rings. The quantitative estimate of drug-likeness (QED) is 0.853. The third kappa shape index (κ3) is 2.82. The van der Waals surface area contributed by atoms with E-state index in [1.807, 2.05) is 6.92 Å². The van der Waals surface area contributed by atoms with Crippen LogP contribution in [0, 0.1) is 17.8 Å². The zero-order valence-corrected chi connectivity index (χ0v) is 12.5. The predicted molar refractivity (Wildman–Crippen MR) is 74.2 cm³/mol. The van der Waals surface area contributed by atoms with Crippen LogP contribution in [-0.4, -0.2) is 47.7 Å². The Bertz CT molecular complexity index is 384. The normalized spacial score (nSPS) is 37.0. The van der Waals surface area contributed by atoms with Crippen LogP contribution in [0.15, 0.2) is 0 Å². The molecule has 1 saturated heterocycles. The van der Waals surface area contributed by atoms with E-state index in [2.05, 4.69) is 6.92 Å². The molecule has 5 unspecified atom stereocenters. The fourth-order valence-corrected chi connectivity index (χ4v) is 3.68. The number of carboxylic acid groups (broad SMARTS) is 1. The van der Waals surface area contributed by atoms with Gasteiger partial charge in [-0.05, 0) is 32.1 Å². The summed E-state index contributed by atoms with van der Waals surface area (Å²) in [6, 6.07) is 0.0811. The van der Waals surface area contributed by atoms with Crippen molar-refractivity contribution in [1.82, 2.24) is 4.90 Å². The van der Waals surface area contributed by atoms with Gasteiger partial charge in [0.25, 0.3) is 0 Å². The second-order valence-electron chi connectivity index (χ2n) is 6.18. The second-order valence-corrected chi connectivity index (χ2v) is 6.18. The lowest BCUT2D eigenvalue weighted by Gasteiger charge is -2.30. The van der Waals surface area contributed by atoms with Crippen molar-refractivity contribution in [1.29, 1.82) is 0 Å². The fourth-order valence-electron chi connectivity index (χ4n) is 3.68. The maximum atomic E-state index is 12.7. The van der Waals surface area contributed by atoms with E-state index in [-0.39, 0.29) is 24.0 Å². The molecule has 1 aliphatic carbocycles. The molecule has 0 aromatic heterocycles. The van der Waals surface area contributed by atoms with Gasteiger partial charge in [0.2, 0.25) is 5.91 Å². The van der Waals surface area contributed by atoms with Gasteiger partial charge in [-0.2, -0.15) is 0 Å². The van der Waals surface area contributed by atoms with Crippen LogP contribution in [0.4, 0.5) is 0 Å². The van der Waals surface area contributed by atoms with Crippen molar-refractivity contribution < 1.29 is 19.4 Å². The molecule has 114 valence electrons. The van der Waals surface area contributed by atoms with E-state index in [1.165, 1.54) is 0 Å². The molecule has 5 nitrogen and oxygen atoms in total. The molecule has 1 aliphatic heterocycles. The van der Waals surface area contributed by atoms with Crippen molar-refractivity contribution >= 4 is 11.9 Å². The van der Waals surface area contributed by atoms with Gasteiger partial charge >= 0.3 is 5.97 Å². The first kappa shape index (κ1) is 15.3. The zero-order chi connectivity index (χ0) is 14.9. The average Bonchev–Trinajstić information content (AvgIpc) is 3.02. The van der Waals surface area contributed by atoms with E-state index in [4.69, 9.17) is 4.74 Å². The number of amides is 1. The number of carbonyl (C=O) groups excluding carboxylic acids is 1. The summed E-state index contributed by atoms with van der Waals surface area (Å²) in [5.74, 6) is -1.38. The minimum Gasteiger partial charge on any atom is -0.481 e. The summed E-state index contributed by atoms with van der Waals surface area (Å²) in [7, 11) is 1.79. The number of carbonyl (C=O) groups is 2. The zero-order valence-electron chi connectivity index (χ0n) is 12.5. The van der Waals surface area contributed by atoms with Crippen LogP contribution in [0.25, 0.3) is 0 Å². The van der Waals surface area contributed by atoms with Crippen molar-refractivity contribution in [2.75, 3.05) is 13.7 Å². The molecule has 5 atom stereocenters. The molecule has 2 rings (SSSR count). The van der Waals surface area contributed by atoms with Gasteiger partial charge in [0, 0.05) is 13.7 Å². The highest BCUT2D eigenvalue weighted by Crippen LogP contribution is 2.39. The SMILES string of the molecule is CCC1CC(C(=O)O)C(C(=O)N(C)C2CCOC2C)C1. The van der Waals surface area contributed by atoms with E-state index in [0.717, 1.165) is 12.8 Å². The lowest BCUT2D eigenvalue weighted by molar-refractivity contribution is -0.149.